The van der Waals surface area contributed by atoms with Crippen molar-refractivity contribution in [3.63, 3.8) is 0 Å². The van der Waals surface area contributed by atoms with E-state index in [0.717, 1.165) is 18.4 Å². The minimum atomic E-state index is -2.14. The van der Waals surface area contributed by atoms with Gasteiger partial charge in [-0.1, -0.05) is 38.5 Å². The quantitative estimate of drug-likeness (QED) is 0.0653. The molecule has 13 N–H and O–H groups in total. The molecule has 4 aliphatic heterocycles. The van der Waals surface area contributed by atoms with E-state index in [4.69, 9.17) is 37.9 Å². The lowest BCUT2D eigenvalue weighted by Gasteiger charge is -2.58. The first kappa shape index (κ1) is 57.7. The number of hydrogen-bond donors (Lipinski definition) is 13. The van der Waals surface area contributed by atoms with Crippen molar-refractivity contribution in [2.75, 3.05) is 19.8 Å². The van der Waals surface area contributed by atoms with Gasteiger partial charge in [-0.3, -0.25) is 9.59 Å². The zero-order valence-electron chi connectivity index (χ0n) is 42.8. The number of ketones is 2. The lowest BCUT2D eigenvalue weighted by molar-refractivity contribution is -0.397. The molecule has 4 heterocycles. The van der Waals surface area contributed by atoms with Crippen molar-refractivity contribution in [2.45, 2.75) is 214 Å². The Kier molecular flexibility index (Phi) is 17.0. The summed E-state index contributed by atoms with van der Waals surface area (Å²) in [4.78, 5) is 28.2. The Morgan fingerprint density at radius 3 is 2.15 bits per heavy atom. The molecule has 75 heavy (non-hydrogen) atoms. The van der Waals surface area contributed by atoms with E-state index in [0.29, 0.717) is 38.5 Å². The summed E-state index contributed by atoms with van der Waals surface area (Å²) in [6.45, 7) is 10.2. The van der Waals surface area contributed by atoms with Crippen molar-refractivity contribution in [3.8, 4) is 0 Å². The Morgan fingerprint density at radius 2 is 1.45 bits per heavy atom. The average Bonchev–Trinajstić information content (AvgIpc) is 3.85. The molecule has 0 radical (unpaired) electrons. The maximum Gasteiger partial charge on any atom is 0.206 e. The summed E-state index contributed by atoms with van der Waals surface area (Å²) >= 11 is 0. The van der Waals surface area contributed by atoms with E-state index in [-0.39, 0.29) is 53.7 Å². The number of allylic oxidation sites excluding steroid dienone is 1. The predicted octanol–water partition coefficient (Wildman–Crippen LogP) is -2.83. The van der Waals surface area contributed by atoms with E-state index in [1.165, 1.54) is 6.92 Å². The van der Waals surface area contributed by atoms with Gasteiger partial charge in [0.15, 0.2) is 25.2 Å². The highest BCUT2D eigenvalue weighted by atomic mass is 16.8. The Bertz CT molecular complexity index is 2080. The van der Waals surface area contributed by atoms with Gasteiger partial charge in [-0.15, -0.1) is 6.58 Å². The Hall–Kier alpha value is -2.02. The van der Waals surface area contributed by atoms with Crippen LogP contribution in [0, 0.1) is 52.3 Å². The van der Waals surface area contributed by atoms with Gasteiger partial charge < -0.3 is 104 Å². The number of carbonyl (C=O) groups excluding carboxylic acids is 2. The first-order valence-corrected chi connectivity index (χ1v) is 26.8. The smallest absolute Gasteiger partial charge is 0.206 e. The van der Waals surface area contributed by atoms with Gasteiger partial charge in [0.05, 0.1) is 44.1 Å². The second kappa shape index (κ2) is 22.1. The fraction of sp³-hybridized carbons (Fsp3) is 0.885. The van der Waals surface area contributed by atoms with Crippen LogP contribution in [0.25, 0.3) is 0 Å². The van der Waals surface area contributed by atoms with Crippen LogP contribution in [0.2, 0.25) is 0 Å². The largest absolute Gasteiger partial charge is 0.394 e. The zero-order chi connectivity index (χ0) is 54.4. The third kappa shape index (κ3) is 10.1. The molecule has 30 atom stereocenters. The number of Topliss-reactive ketones (excluding diaryl/α,β-unsaturated/α-hetero) is 2. The van der Waals surface area contributed by atoms with Gasteiger partial charge in [0.25, 0.3) is 0 Å². The summed E-state index contributed by atoms with van der Waals surface area (Å²) in [7, 11) is 0. The molecule has 8 fully saturated rings. The monoisotopic (exact) mass is 1070 g/mol. The van der Waals surface area contributed by atoms with E-state index >= 15 is 0 Å². The molecule has 0 amide bonds. The number of carbonyl (C=O) groups is 2. The SMILES string of the molecule is C=C[C@H](CCC(=O)[C@@H](C)[C@H]1C(=O)C[C@H]2[C@@H]3CC=C4CC(O[C@@H]5OC(CO)[C@@H](O[C@@H]6OC(C)[C@H](O)C(O)C6O)C(O)C5OC56OC(O)[C@H](O)C(O)C5[C@@H]6O)CC[C@]4(C)[C@H]3CC[C@]12C)CO[C@@H]1OC(CO)[C@@H](O)C(O)C1O. The van der Waals surface area contributed by atoms with Gasteiger partial charge in [0, 0.05) is 30.6 Å². The van der Waals surface area contributed by atoms with Gasteiger partial charge in [-0.2, -0.15) is 0 Å². The van der Waals surface area contributed by atoms with Crippen LogP contribution >= 0.6 is 0 Å². The van der Waals surface area contributed by atoms with Crippen molar-refractivity contribution in [2.24, 2.45) is 52.3 Å². The number of aliphatic hydroxyl groups is 13. The van der Waals surface area contributed by atoms with Crippen molar-refractivity contribution in [1.82, 2.24) is 0 Å². The highest BCUT2D eigenvalue weighted by molar-refractivity contribution is 5.92. The van der Waals surface area contributed by atoms with Crippen molar-refractivity contribution >= 4 is 11.6 Å². The number of hydrogen-bond acceptors (Lipinski definition) is 23. The number of aliphatic hydroxyl groups excluding tert-OH is 13. The molecule has 4 saturated heterocycles. The van der Waals surface area contributed by atoms with Crippen LogP contribution in [0.15, 0.2) is 24.3 Å². The van der Waals surface area contributed by atoms with Crippen LogP contribution in [-0.2, 0) is 47.5 Å². The molecular formula is C52H80O23. The van der Waals surface area contributed by atoms with Crippen molar-refractivity contribution < 1.29 is 114 Å². The van der Waals surface area contributed by atoms with E-state index in [1.807, 2.05) is 6.92 Å². The van der Waals surface area contributed by atoms with Gasteiger partial charge in [0.2, 0.25) is 5.79 Å². The summed E-state index contributed by atoms with van der Waals surface area (Å²) in [5, 5.41) is 137. The molecule has 9 aliphatic rings. The zero-order valence-corrected chi connectivity index (χ0v) is 42.8. The van der Waals surface area contributed by atoms with Crippen LogP contribution < -0.4 is 0 Å². The highest BCUT2D eigenvalue weighted by Gasteiger charge is 2.77. The van der Waals surface area contributed by atoms with Crippen LogP contribution in [0.4, 0.5) is 0 Å². The Morgan fingerprint density at radius 1 is 0.773 bits per heavy atom. The number of fused-ring (bicyclic) bond motifs is 6. The van der Waals surface area contributed by atoms with Gasteiger partial charge >= 0.3 is 0 Å². The summed E-state index contributed by atoms with van der Waals surface area (Å²) in [5.74, 6) is -4.29. The molecule has 5 aliphatic carbocycles. The highest BCUT2D eigenvalue weighted by Crippen LogP contribution is 2.67. The lowest BCUT2D eigenvalue weighted by atomic mass is 9.47. The molecule has 0 spiro atoms. The molecule has 0 aromatic rings. The maximum absolute atomic E-state index is 14.2. The third-order valence-electron chi connectivity index (χ3n) is 19.4. The second-order valence-electron chi connectivity index (χ2n) is 23.5. The summed E-state index contributed by atoms with van der Waals surface area (Å²) < 4.78 is 47.6. The third-order valence-corrected chi connectivity index (χ3v) is 19.4. The predicted molar refractivity (Wildman–Crippen MR) is 252 cm³/mol. The molecule has 4 saturated carbocycles. The van der Waals surface area contributed by atoms with Gasteiger partial charge in [-0.25, -0.2) is 0 Å². The standard InChI is InChI=1S/C52H80O23/c1-6-22(19-68-47-40(63)38(61)35(58)30(17-53)71-47)7-10-28(55)20(2)32-29(56)16-27-25-9-8-23-15-24(11-13-50(23,4)26(25)12-14-51(27,32)5)70-49-44(74-52-33(45(52)66)36(59)39(62)46(67)75-52)42(65)43(31(18-54)72-49)73-48-41(64)37(60)34(57)21(3)69-48/h6,8,20-22,24-27,30-49,53-54,57-67H,1,7,9-19H2,2-5H3/t20-,21?,22-,24?,25-,26+,27+,30?,31?,32+,33?,34+,35-,36?,37?,38?,39-,40?,41?,42?,43-,44?,45+,46?,47-,48+,49-,50+,51+,52?/m1/s1. The van der Waals surface area contributed by atoms with Gasteiger partial charge in [0.1, 0.15) is 90.9 Å². The number of ether oxygens (including phenoxy) is 8. The molecule has 0 aromatic carbocycles. The molecule has 23 nitrogen and oxygen atoms in total. The fourth-order valence-electron chi connectivity index (χ4n) is 14.7. The normalized spacial score (nSPS) is 52.4. The Balaban J connectivity index is 0.859. The topological polar surface area (TPSA) is 371 Å². The first-order valence-electron chi connectivity index (χ1n) is 26.8. The number of rotatable bonds is 17. The summed E-state index contributed by atoms with van der Waals surface area (Å²) in [6, 6.07) is 0. The maximum atomic E-state index is 14.2. The lowest BCUT2D eigenvalue weighted by Crippen LogP contribution is -2.66. The van der Waals surface area contributed by atoms with E-state index in [9.17, 15) is 76.0 Å². The molecule has 9 rings (SSSR count). The average molecular weight is 1070 g/mol. The minimum Gasteiger partial charge on any atom is -0.394 e. The minimum absolute atomic E-state index is 0.0127. The fourth-order valence-corrected chi connectivity index (χ4v) is 14.7. The van der Waals surface area contributed by atoms with Crippen molar-refractivity contribution in [3.05, 3.63) is 24.3 Å². The molecule has 23 heteroatoms. The first-order chi connectivity index (χ1) is 35.5. The van der Waals surface area contributed by atoms with Crippen LogP contribution in [0.5, 0.6) is 0 Å². The molecule has 0 bridgehead atoms. The van der Waals surface area contributed by atoms with Crippen LogP contribution in [0.1, 0.15) is 85.5 Å². The second-order valence-corrected chi connectivity index (χ2v) is 23.5. The van der Waals surface area contributed by atoms with E-state index in [2.05, 4.69) is 26.5 Å². The van der Waals surface area contributed by atoms with Crippen LogP contribution in [-0.4, -0.2) is 226 Å². The molecule has 14 unspecified atom stereocenters. The Labute approximate surface area is 434 Å². The molecule has 426 valence electrons. The van der Waals surface area contributed by atoms with Gasteiger partial charge in [-0.05, 0) is 80.5 Å². The summed E-state index contributed by atoms with van der Waals surface area (Å²) in [6.07, 6.45) is -21.5. The van der Waals surface area contributed by atoms with E-state index in [1.54, 1.807) is 6.08 Å². The van der Waals surface area contributed by atoms with Crippen LogP contribution in [0.3, 0.4) is 0 Å². The van der Waals surface area contributed by atoms with Crippen molar-refractivity contribution in [1.29, 1.82) is 0 Å². The summed E-state index contributed by atoms with van der Waals surface area (Å²) in [5.41, 5.74) is 0.460. The molecule has 0 aromatic heterocycles. The van der Waals surface area contributed by atoms with E-state index < -0.39 is 165 Å². The molecular weight excluding hydrogens is 993 g/mol.